The number of anilines is 2. The summed E-state index contributed by atoms with van der Waals surface area (Å²) < 4.78 is 60.4. The number of fused-ring (bicyclic) bond motifs is 1. The van der Waals surface area contributed by atoms with Crippen LogP contribution in [0.1, 0.15) is 25.0 Å². The van der Waals surface area contributed by atoms with Gasteiger partial charge in [-0.15, -0.1) is 11.8 Å². The smallest absolute Gasteiger partial charge is 0.417 e. The van der Waals surface area contributed by atoms with Crippen molar-refractivity contribution >= 4 is 29.0 Å². The van der Waals surface area contributed by atoms with Crippen LogP contribution in [0.25, 0.3) is 0 Å². The molecule has 4 rings (SSSR count). The van der Waals surface area contributed by atoms with Crippen LogP contribution in [0.4, 0.5) is 28.9 Å². The first-order chi connectivity index (χ1) is 16.4. The molecule has 12 heteroatoms. The van der Waals surface area contributed by atoms with E-state index in [1.165, 1.54) is 47.0 Å². The quantitative estimate of drug-likeness (QED) is 0.453. The Hall–Kier alpha value is -3.01. The molecule has 0 aromatic heterocycles. The number of carbonyl (C=O) groups excluding carboxylic acids is 1. The largest absolute Gasteiger partial charge is 0.483 e. The van der Waals surface area contributed by atoms with Crippen molar-refractivity contribution in [2.75, 3.05) is 23.0 Å². The number of carbonyl (C=O) groups is 1. The van der Waals surface area contributed by atoms with Crippen LogP contribution in [-0.2, 0) is 11.0 Å². The molecule has 2 aromatic rings. The van der Waals surface area contributed by atoms with Crippen molar-refractivity contribution in [3.63, 3.8) is 0 Å². The van der Waals surface area contributed by atoms with E-state index in [4.69, 9.17) is 20.2 Å². The Labute approximate surface area is 202 Å². The van der Waals surface area contributed by atoms with Crippen LogP contribution < -0.4 is 14.5 Å². The van der Waals surface area contributed by atoms with Crippen molar-refractivity contribution in [1.29, 1.82) is 5.26 Å². The number of hydrogen-bond acceptors (Lipinski definition) is 7. The highest BCUT2D eigenvalue weighted by Gasteiger charge is 2.61. The highest BCUT2D eigenvalue weighted by atomic mass is 32.2. The molecule has 0 bridgehead atoms. The average Bonchev–Trinajstić information content (AvgIpc) is 3.57. The topological polar surface area (TPSA) is 97.0 Å². The maximum atomic E-state index is 14.7. The second-order valence-electron chi connectivity index (χ2n) is 8.58. The molecule has 2 heterocycles. The van der Waals surface area contributed by atoms with E-state index in [2.05, 4.69) is 0 Å². The lowest BCUT2D eigenvalue weighted by Gasteiger charge is -2.45. The summed E-state index contributed by atoms with van der Waals surface area (Å²) in [6, 6.07) is 8.74. The monoisotopic (exact) mass is 511 g/mol. The van der Waals surface area contributed by atoms with Gasteiger partial charge in [-0.05, 0) is 44.2 Å². The molecule has 2 N–H and O–H groups in total. The zero-order valence-corrected chi connectivity index (χ0v) is 19.4. The van der Waals surface area contributed by atoms with E-state index < -0.39 is 59.3 Å². The third-order valence-electron chi connectivity index (χ3n) is 5.90. The molecule has 186 valence electrons. The molecule has 2 aliphatic heterocycles. The van der Waals surface area contributed by atoms with Crippen LogP contribution in [0.15, 0.2) is 36.4 Å². The number of ether oxygens (including phenoxy) is 1. The molecular formula is C23H21F4N3O4S. The van der Waals surface area contributed by atoms with Crippen molar-refractivity contribution in [3.8, 4) is 11.8 Å². The van der Waals surface area contributed by atoms with Gasteiger partial charge >= 0.3 is 6.18 Å². The van der Waals surface area contributed by atoms with Gasteiger partial charge in [-0.25, -0.2) is 4.39 Å². The number of nitrogens with zero attached hydrogens (tertiary/aromatic N) is 3. The Morgan fingerprint density at radius 1 is 1.14 bits per heavy atom. The molecule has 2 fully saturated rings. The molecule has 2 unspecified atom stereocenters. The van der Waals surface area contributed by atoms with E-state index in [1.807, 2.05) is 0 Å². The number of piperazine rings is 1. The van der Waals surface area contributed by atoms with Crippen LogP contribution in [0.5, 0.6) is 5.75 Å². The second-order valence-corrected chi connectivity index (χ2v) is 9.82. The van der Waals surface area contributed by atoms with Gasteiger partial charge in [-0.3, -0.25) is 9.69 Å². The predicted octanol–water partition coefficient (Wildman–Crippen LogP) is 3.48. The summed E-state index contributed by atoms with van der Waals surface area (Å²) in [5, 5.41) is 26.5. The SMILES string of the molecule is CC1(C)C(=O)N(c2ccc(C#N)c(C(F)(F)F)c2)C2SC2N1c1ccc(OC(CO)CO)c(F)c1. The van der Waals surface area contributed by atoms with Crippen LogP contribution in [0.2, 0.25) is 0 Å². The number of hydrogen-bond donors (Lipinski definition) is 2. The fraction of sp³-hybridized carbons (Fsp3) is 0.391. The molecule has 35 heavy (non-hydrogen) atoms. The number of rotatable bonds is 6. The minimum absolute atomic E-state index is 0.0306. The van der Waals surface area contributed by atoms with Gasteiger partial charge in [0.2, 0.25) is 0 Å². The number of halogens is 4. The Balaban J connectivity index is 1.66. The lowest BCUT2D eigenvalue weighted by Crippen LogP contribution is -2.63. The molecule has 1 amide bonds. The zero-order valence-electron chi connectivity index (χ0n) is 18.6. The molecule has 0 saturated carbocycles. The maximum absolute atomic E-state index is 14.7. The van der Waals surface area contributed by atoms with E-state index in [1.54, 1.807) is 18.7 Å². The molecule has 2 saturated heterocycles. The molecule has 0 spiro atoms. The summed E-state index contributed by atoms with van der Waals surface area (Å²) in [5.41, 5.74) is -2.50. The number of alkyl halides is 3. The first-order valence-electron chi connectivity index (χ1n) is 10.5. The van der Waals surface area contributed by atoms with Gasteiger partial charge in [0.15, 0.2) is 11.6 Å². The predicted molar refractivity (Wildman–Crippen MR) is 120 cm³/mol. The normalized spacial score (nSPS) is 21.1. The van der Waals surface area contributed by atoms with Gasteiger partial charge in [-0.1, -0.05) is 0 Å². The third kappa shape index (κ3) is 4.39. The fourth-order valence-electron chi connectivity index (χ4n) is 4.10. The number of aliphatic hydroxyl groups excluding tert-OH is 2. The highest BCUT2D eigenvalue weighted by molar-refractivity contribution is 8.08. The standard InChI is InChI=1S/C23H21F4N3O4S/c1-22(2)21(33)29(13-4-3-12(9-28)16(7-13)23(25,26)27)19-20(35-19)30(22)14-5-6-18(17(24)8-14)34-15(10-31)11-32/h3-8,15,19-20,31-32H,10-11H2,1-2H3. The number of aliphatic hydroxyl groups is 2. The Morgan fingerprint density at radius 3 is 2.37 bits per heavy atom. The summed E-state index contributed by atoms with van der Waals surface area (Å²) in [7, 11) is 0. The first kappa shape index (κ1) is 25.1. The Kier molecular flexibility index (Phi) is 6.37. The minimum Gasteiger partial charge on any atom is -0.483 e. The first-order valence-corrected chi connectivity index (χ1v) is 11.5. The van der Waals surface area contributed by atoms with Crippen molar-refractivity contribution in [3.05, 3.63) is 53.3 Å². The summed E-state index contributed by atoms with van der Waals surface area (Å²) in [4.78, 5) is 16.5. The van der Waals surface area contributed by atoms with Crippen molar-refractivity contribution in [2.45, 2.75) is 42.4 Å². The summed E-state index contributed by atoms with van der Waals surface area (Å²) in [6.07, 6.45) is -5.75. The summed E-state index contributed by atoms with van der Waals surface area (Å²) in [6.45, 7) is 2.18. The lowest BCUT2D eigenvalue weighted by molar-refractivity contribution is -0.137. The second kappa shape index (κ2) is 8.89. The Bertz CT molecular complexity index is 1200. The van der Waals surface area contributed by atoms with Gasteiger partial charge in [0.1, 0.15) is 22.4 Å². The molecule has 0 radical (unpaired) electrons. The zero-order chi connectivity index (χ0) is 25.7. The summed E-state index contributed by atoms with van der Waals surface area (Å²) >= 11 is 1.33. The van der Waals surface area contributed by atoms with Crippen LogP contribution in [-0.4, -0.2) is 51.7 Å². The van der Waals surface area contributed by atoms with E-state index in [0.717, 1.165) is 12.1 Å². The maximum Gasteiger partial charge on any atom is 0.417 e. The average molecular weight is 511 g/mol. The van der Waals surface area contributed by atoms with E-state index in [0.29, 0.717) is 5.69 Å². The Morgan fingerprint density at radius 2 is 1.80 bits per heavy atom. The van der Waals surface area contributed by atoms with Crippen molar-refractivity contribution in [1.82, 2.24) is 0 Å². The van der Waals surface area contributed by atoms with Crippen LogP contribution in [0, 0.1) is 17.1 Å². The number of amides is 1. The molecule has 7 nitrogen and oxygen atoms in total. The fourth-order valence-corrected chi connectivity index (χ4v) is 5.39. The van der Waals surface area contributed by atoms with Gasteiger partial charge in [0.05, 0.1) is 30.4 Å². The van der Waals surface area contributed by atoms with Gasteiger partial charge in [0.25, 0.3) is 5.91 Å². The van der Waals surface area contributed by atoms with Gasteiger partial charge in [0, 0.05) is 17.4 Å². The van der Waals surface area contributed by atoms with Gasteiger partial charge < -0.3 is 19.8 Å². The van der Waals surface area contributed by atoms with E-state index >= 15 is 0 Å². The molecule has 2 atom stereocenters. The molecule has 2 aliphatic rings. The van der Waals surface area contributed by atoms with Crippen molar-refractivity contribution in [2.24, 2.45) is 0 Å². The van der Waals surface area contributed by atoms with Crippen LogP contribution >= 0.6 is 11.8 Å². The van der Waals surface area contributed by atoms with E-state index in [-0.39, 0.29) is 16.8 Å². The molecule has 0 aliphatic carbocycles. The van der Waals surface area contributed by atoms with Crippen LogP contribution in [0.3, 0.4) is 0 Å². The van der Waals surface area contributed by atoms with Crippen molar-refractivity contribution < 1.29 is 37.3 Å². The highest BCUT2D eigenvalue weighted by Crippen LogP contribution is 2.56. The number of thioether (sulfide) groups is 1. The van der Waals surface area contributed by atoms with E-state index in [9.17, 15) is 22.4 Å². The lowest BCUT2D eigenvalue weighted by atomic mass is 9.95. The number of nitriles is 1. The van der Waals surface area contributed by atoms with Gasteiger partial charge in [-0.2, -0.15) is 18.4 Å². The molecular weight excluding hydrogens is 490 g/mol. The third-order valence-corrected chi connectivity index (χ3v) is 7.08. The number of benzene rings is 2. The summed E-state index contributed by atoms with van der Waals surface area (Å²) in [5.74, 6) is -1.42. The molecule has 2 aromatic carbocycles. The minimum atomic E-state index is -4.76.